The Hall–Kier alpha value is -2.53. The molecular formula is C19H20ClN3O2. The highest BCUT2D eigenvalue weighted by atomic mass is 35.5. The maximum atomic E-state index is 13.0. The SMILES string of the molecule is CC(C)[C@H]1C(=O)N(c2ccc(Cl)cc2)C(=O)N1Cc1ccc(N)cc1. The minimum Gasteiger partial charge on any atom is -0.399 e. The molecule has 130 valence electrons. The van der Waals surface area contributed by atoms with E-state index in [0.717, 1.165) is 5.56 Å². The largest absolute Gasteiger partial charge is 0.399 e. The highest BCUT2D eigenvalue weighted by Gasteiger charge is 2.47. The van der Waals surface area contributed by atoms with Gasteiger partial charge in [-0.15, -0.1) is 0 Å². The van der Waals surface area contributed by atoms with Crippen molar-refractivity contribution in [1.29, 1.82) is 0 Å². The molecule has 1 heterocycles. The van der Waals surface area contributed by atoms with Crippen LogP contribution in [0.25, 0.3) is 0 Å². The van der Waals surface area contributed by atoms with Crippen LogP contribution in [0.2, 0.25) is 5.02 Å². The fraction of sp³-hybridized carbons (Fsp3) is 0.263. The molecule has 1 aliphatic rings. The lowest BCUT2D eigenvalue weighted by Gasteiger charge is -2.24. The van der Waals surface area contributed by atoms with Crippen LogP contribution in [-0.2, 0) is 11.3 Å². The first kappa shape index (κ1) is 17.3. The van der Waals surface area contributed by atoms with Crippen LogP contribution < -0.4 is 10.6 Å². The van der Waals surface area contributed by atoms with Crippen molar-refractivity contribution in [1.82, 2.24) is 4.90 Å². The maximum absolute atomic E-state index is 13.0. The van der Waals surface area contributed by atoms with E-state index >= 15 is 0 Å². The summed E-state index contributed by atoms with van der Waals surface area (Å²) >= 11 is 5.91. The quantitative estimate of drug-likeness (QED) is 0.666. The second kappa shape index (κ2) is 6.76. The van der Waals surface area contributed by atoms with Gasteiger partial charge < -0.3 is 10.6 Å². The van der Waals surface area contributed by atoms with Crippen LogP contribution in [0.4, 0.5) is 16.2 Å². The number of carbonyl (C=O) groups excluding carboxylic acids is 2. The lowest BCUT2D eigenvalue weighted by molar-refractivity contribution is -0.120. The van der Waals surface area contributed by atoms with Gasteiger partial charge in [-0.05, 0) is 47.9 Å². The Balaban J connectivity index is 1.93. The summed E-state index contributed by atoms with van der Waals surface area (Å²) in [5.41, 5.74) is 7.84. The first-order valence-corrected chi connectivity index (χ1v) is 8.51. The number of hydrogen-bond acceptors (Lipinski definition) is 3. The van der Waals surface area contributed by atoms with E-state index in [1.807, 2.05) is 26.0 Å². The molecule has 0 aliphatic carbocycles. The Kier molecular flexibility index (Phi) is 4.68. The molecule has 0 spiro atoms. The number of halogens is 1. The normalized spacial score (nSPS) is 17.7. The average Bonchev–Trinajstić information content (AvgIpc) is 2.81. The third kappa shape index (κ3) is 3.33. The topological polar surface area (TPSA) is 66.6 Å². The van der Waals surface area contributed by atoms with Crippen molar-refractivity contribution in [2.45, 2.75) is 26.4 Å². The second-order valence-corrected chi connectivity index (χ2v) is 6.93. The van der Waals surface area contributed by atoms with Crippen LogP contribution >= 0.6 is 11.6 Å². The molecule has 2 N–H and O–H groups in total. The number of imide groups is 1. The number of rotatable bonds is 4. The van der Waals surface area contributed by atoms with E-state index in [4.69, 9.17) is 17.3 Å². The van der Waals surface area contributed by atoms with E-state index in [-0.39, 0.29) is 17.9 Å². The molecule has 3 amide bonds. The minimum absolute atomic E-state index is 0.00234. The van der Waals surface area contributed by atoms with Gasteiger partial charge >= 0.3 is 6.03 Å². The van der Waals surface area contributed by atoms with Crippen LogP contribution in [-0.4, -0.2) is 22.9 Å². The van der Waals surface area contributed by atoms with Crippen LogP contribution in [0.15, 0.2) is 48.5 Å². The van der Waals surface area contributed by atoms with Crippen LogP contribution in [0.1, 0.15) is 19.4 Å². The second-order valence-electron chi connectivity index (χ2n) is 6.49. The van der Waals surface area contributed by atoms with Crippen molar-refractivity contribution in [3.63, 3.8) is 0 Å². The monoisotopic (exact) mass is 357 g/mol. The number of carbonyl (C=O) groups is 2. The zero-order valence-electron chi connectivity index (χ0n) is 14.1. The first-order valence-electron chi connectivity index (χ1n) is 8.13. The van der Waals surface area contributed by atoms with E-state index in [1.54, 1.807) is 41.3 Å². The number of urea groups is 1. The Morgan fingerprint density at radius 1 is 1.04 bits per heavy atom. The summed E-state index contributed by atoms with van der Waals surface area (Å²) in [7, 11) is 0. The molecule has 6 heteroatoms. The van der Waals surface area contributed by atoms with E-state index in [1.165, 1.54) is 4.90 Å². The number of anilines is 2. The summed E-state index contributed by atoms with van der Waals surface area (Å²) in [6.45, 7) is 4.24. The highest BCUT2D eigenvalue weighted by Crippen LogP contribution is 2.30. The van der Waals surface area contributed by atoms with Gasteiger partial charge in [0.25, 0.3) is 5.91 Å². The summed E-state index contributed by atoms with van der Waals surface area (Å²) < 4.78 is 0. The van der Waals surface area contributed by atoms with E-state index in [2.05, 4.69) is 0 Å². The van der Waals surface area contributed by atoms with E-state index in [9.17, 15) is 9.59 Å². The number of nitrogen functional groups attached to an aromatic ring is 1. The molecule has 0 unspecified atom stereocenters. The average molecular weight is 358 g/mol. The Labute approximate surface area is 152 Å². The third-order valence-corrected chi connectivity index (χ3v) is 4.55. The number of nitrogens with two attached hydrogens (primary N) is 1. The van der Waals surface area contributed by atoms with Crippen molar-refractivity contribution in [2.24, 2.45) is 5.92 Å². The number of amides is 3. The van der Waals surface area contributed by atoms with Gasteiger partial charge in [-0.25, -0.2) is 9.69 Å². The van der Waals surface area contributed by atoms with Crippen molar-refractivity contribution in [3.05, 3.63) is 59.1 Å². The number of nitrogens with zero attached hydrogens (tertiary/aromatic N) is 2. The molecule has 1 saturated heterocycles. The molecule has 2 aromatic rings. The van der Waals surface area contributed by atoms with Crippen LogP contribution in [0.5, 0.6) is 0 Å². The lowest BCUT2D eigenvalue weighted by Crippen LogP contribution is -2.38. The molecule has 3 rings (SSSR count). The predicted molar refractivity (Wildman–Crippen MR) is 99.4 cm³/mol. The Morgan fingerprint density at radius 2 is 1.64 bits per heavy atom. The summed E-state index contributed by atoms with van der Waals surface area (Å²) in [6.07, 6.45) is 0. The molecule has 1 atom stereocenters. The number of benzene rings is 2. The van der Waals surface area contributed by atoms with Crippen molar-refractivity contribution in [2.75, 3.05) is 10.6 Å². The molecule has 1 aliphatic heterocycles. The Morgan fingerprint density at radius 3 is 2.20 bits per heavy atom. The molecule has 5 nitrogen and oxygen atoms in total. The van der Waals surface area contributed by atoms with Crippen molar-refractivity contribution < 1.29 is 9.59 Å². The summed E-state index contributed by atoms with van der Waals surface area (Å²) in [4.78, 5) is 28.7. The van der Waals surface area contributed by atoms with Crippen molar-refractivity contribution in [3.8, 4) is 0 Å². The summed E-state index contributed by atoms with van der Waals surface area (Å²) in [5, 5.41) is 0.557. The molecule has 0 bridgehead atoms. The zero-order valence-corrected chi connectivity index (χ0v) is 14.9. The van der Waals surface area contributed by atoms with Gasteiger partial charge in [0.1, 0.15) is 6.04 Å². The smallest absolute Gasteiger partial charge is 0.332 e. The standard InChI is InChI=1S/C19H20ClN3O2/c1-12(2)17-18(24)23(16-9-5-14(20)6-10-16)19(25)22(17)11-13-3-7-15(21)8-4-13/h3-10,12,17H,11,21H2,1-2H3/t17-/m0/s1. The molecule has 0 radical (unpaired) electrons. The first-order chi connectivity index (χ1) is 11.9. The minimum atomic E-state index is -0.499. The van der Waals surface area contributed by atoms with E-state index < -0.39 is 6.04 Å². The van der Waals surface area contributed by atoms with Gasteiger partial charge in [-0.1, -0.05) is 37.6 Å². The van der Waals surface area contributed by atoms with Crippen LogP contribution in [0, 0.1) is 5.92 Å². The fourth-order valence-electron chi connectivity index (χ4n) is 3.07. The maximum Gasteiger partial charge on any atom is 0.332 e. The van der Waals surface area contributed by atoms with Gasteiger partial charge in [-0.3, -0.25) is 4.79 Å². The zero-order chi connectivity index (χ0) is 18.1. The molecule has 1 fully saturated rings. The van der Waals surface area contributed by atoms with Crippen molar-refractivity contribution >= 4 is 34.9 Å². The molecule has 0 saturated carbocycles. The number of hydrogen-bond donors (Lipinski definition) is 1. The lowest BCUT2D eigenvalue weighted by atomic mass is 10.0. The third-order valence-electron chi connectivity index (χ3n) is 4.30. The summed E-state index contributed by atoms with van der Waals surface area (Å²) in [6, 6.07) is 13.2. The van der Waals surface area contributed by atoms with Gasteiger partial charge in [0.15, 0.2) is 0 Å². The highest BCUT2D eigenvalue weighted by molar-refractivity contribution is 6.30. The van der Waals surface area contributed by atoms with Gasteiger partial charge in [0.2, 0.25) is 0 Å². The van der Waals surface area contributed by atoms with Gasteiger partial charge in [0.05, 0.1) is 5.69 Å². The van der Waals surface area contributed by atoms with E-state index in [0.29, 0.717) is 22.9 Å². The molecular weight excluding hydrogens is 338 g/mol. The summed E-state index contributed by atoms with van der Waals surface area (Å²) in [5.74, 6) is -0.208. The molecule has 0 aromatic heterocycles. The Bertz CT molecular complexity index is 787. The van der Waals surface area contributed by atoms with Crippen LogP contribution in [0.3, 0.4) is 0 Å². The molecule has 25 heavy (non-hydrogen) atoms. The fourth-order valence-corrected chi connectivity index (χ4v) is 3.19. The predicted octanol–water partition coefficient (Wildman–Crippen LogP) is 3.92. The molecule has 2 aromatic carbocycles. The van der Waals surface area contributed by atoms with Gasteiger partial charge in [0, 0.05) is 17.3 Å². The van der Waals surface area contributed by atoms with Gasteiger partial charge in [-0.2, -0.15) is 0 Å².